The number of nitrogens with two attached hydrogens (primary N) is 1. The second-order valence-electron chi connectivity index (χ2n) is 5.55. The van der Waals surface area contributed by atoms with E-state index in [1.165, 1.54) is 24.3 Å². The summed E-state index contributed by atoms with van der Waals surface area (Å²) in [5.41, 5.74) is 3.33. The highest BCUT2D eigenvalue weighted by molar-refractivity contribution is 7.89. The van der Waals surface area contributed by atoms with Crippen molar-refractivity contribution in [3.63, 3.8) is 0 Å². The molecule has 2 rings (SSSR count). The van der Waals surface area contributed by atoms with Gasteiger partial charge in [-0.2, -0.15) is 0 Å². The van der Waals surface area contributed by atoms with Gasteiger partial charge in [-0.15, -0.1) is 0 Å². The first kappa shape index (κ1) is 18.1. The Hall–Kier alpha value is -2.22. The van der Waals surface area contributed by atoms with Gasteiger partial charge in [0.2, 0.25) is 10.0 Å². The molecule has 2 aromatic rings. The molecule has 1 amide bonds. The van der Waals surface area contributed by atoms with Gasteiger partial charge in [0.1, 0.15) is 0 Å². The van der Waals surface area contributed by atoms with Crippen LogP contribution in [0.5, 0.6) is 0 Å². The Morgan fingerprint density at radius 3 is 2.50 bits per heavy atom. The van der Waals surface area contributed by atoms with Gasteiger partial charge in [-0.3, -0.25) is 10.2 Å². The molecule has 0 aliphatic rings. The lowest BCUT2D eigenvalue weighted by Gasteiger charge is -2.14. The van der Waals surface area contributed by atoms with Crippen molar-refractivity contribution < 1.29 is 13.2 Å². The lowest BCUT2D eigenvalue weighted by atomic mass is 10.1. The molecule has 2 aromatic carbocycles. The van der Waals surface area contributed by atoms with Crippen LogP contribution in [0.4, 0.5) is 0 Å². The highest BCUT2D eigenvalue weighted by Gasteiger charge is 2.18. The van der Waals surface area contributed by atoms with Gasteiger partial charge < -0.3 is 0 Å². The third kappa shape index (κ3) is 4.89. The fourth-order valence-electron chi connectivity index (χ4n) is 2.31. The third-order valence-corrected chi connectivity index (χ3v) is 5.19. The van der Waals surface area contributed by atoms with E-state index in [0.29, 0.717) is 6.42 Å². The van der Waals surface area contributed by atoms with Gasteiger partial charge in [0, 0.05) is 11.6 Å². The van der Waals surface area contributed by atoms with Gasteiger partial charge in [-0.1, -0.05) is 36.4 Å². The van der Waals surface area contributed by atoms with E-state index in [1.807, 2.05) is 42.7 Å². The second-order valence-corrected chi connectivity index (χ2v) is 7.26. The predicted molar refractivity (Wildman–Crippen MR) is 92.6 cm³/mol. The average Bonchev–Trinajstić information content (AvgIpc) is 2.60. The normalized spacial score (nSPS) is 12.6. The number of hydrazine groups is 1. The SMILES string of the molecule is C[C@H](CCc1ccccc1)NS(=O)(=O)c1cccc(C(=O)NN)c1. The van der Waals surface area contributed by atoms with Crippen LogP contribution in [0, 0.1) is 0 Å². The van der Waals surface area contributed by atoms with Gasteiger partial charge in [-0.25, -0.2) is 19.0 Å². The number of nitrogen functional groups attached to an aromatic ring is 1. The molecule has 128 valence electrons. The molecule has 0 radical (unpaired) electrons. The summed E-state index contributed by atoms with van der Waals surface area (Å²) in [7, 11) is -3.70. The van der Waals surface area contributed by atoms with Crippen LogP contribution in [0.15, 0.2) is 59.5 Å². The van der Waals surface area contributed by atoms with Crippen molar-refractivity contribution in [2.75, 3.05) is 0 Å². The fraction of sp³-hybridized carbons (Fsp3) is 0.235. The zero-order valence-electron chi connectivity index (χ0n) is 13.4. The molecule has 7 heteroatoms. The lowest BCUT2D eigenvalue weighted by Crippen LogP contribution is -2.33. The standard InChI is InChI=1S/C17H21N3O3S/c1-13(10-11-14-6-3-2-4-7-14)20-24(22,23)16-9-5-8-15(12-16)17(21)19-18/h2-9,12-13,20H,10-11,18H2,1H3,(H,19,21)/t13-/m1/s1. The van der Waals surface area contributed by atoms with Crippen LogP contribution in [0.2, 0.25) is 0 Å². The van der Waals surface area contributed by atoms with Crippen molar-refractivity contribution in [1.29, 1.82) is 0 Å². The molecule has 0 saturated carbocycles. The highest BCUT2D eigenvalue weighted by atomic mass is 32.2. The first-order valence-electron chi connectivity index (χ1n) is 7.59. The topological polar surface area (TPSA) is 101 Å². The smallest absolute Gasteiger partial charge is 0.265 e. The van der Waals surface area contributed by atoms with E-state index >= 15 is 0 Å². The van der Waals surface area contributed by atoms with Crippen LogP contribution >= 0.6 is 0 Å². The van der Waals surface area contributed by atoms with E-state index in [0.717, 1.165) is 12.0 Å². The molecule has 0 aromatic heterocycles. The van der Waals surface area contributed by atoms with Crippen LogP contribution in [0.3, 0.4) is 0 Å². The van der Waals surface area contributed by atoms with Gasteiger partial charge in [0.15, 0.2) is 0 Å². The van der Waals surface area contributed by atoms with E-state index in [4.69, 9.17) is 5.84 Å². The molecule has 6 nitrogen and oxygen atoms in total. The van der Waals surface area contributed by atoms with Crippen molar-refractivity contribution in [2.24, 2.45) is 5.84 Å². The predicted octanol–water partition coefficient (Wildman–Crippen LogP) is 1.59. The number of rotatable bonds is 7. The first-order chi connectivity index (χ1) is 11.4. The molecular formula is C17H21N3O3S. The summed E-state index contributed by atoms with van der Waals surface area (Å²) in [6.07, 6.45) is 1.45. The maximum Gasteiger partial charge on any atom is 0.265 e. The molecule has 4 N–H and O–H groups in total. The average molecular weight is 347 g/mol. The van der Waals surface area contributed by atoms with Crippen LogP contribution in [-0.4, -0.2) is 20.4 Å². The molecule has 0 fully saturated rings. The summed E-state index contributed by atoms with van der Waals surface area (Å²) in [6, 6.07) is 15.4. The largest absolute Gasteiger partial charge is 0.290 e. The summed E-state index contributed by atoms with van der Waals surface area (Å²) in [5.74, 6) is 4.54. The van der Waals surface area contributed by atoms with Crippen LogP contribution in [0.25, 0.3) is 0 Å². The van der Waals surface area contributed by atoms with Gasteiger partial charge in [-0.05, 0) is 43.5 Å². The maximum absolute atomic E-state index is 12.4. The number of amides is 1. The molecule has 0 saturated heterocycles. The minimum atomic E-state index is -3.70. The van der Waals surface area contributed by atoms with E-state index in [9.17, 15) is 13.2 Å². The maximum atomic E-state index is 12.4. The number of benzene rings is 2. The van der Waals surface area contributed by atoms with E-state index < -0.39 is 15.9 Å². The molecule has 24 heavy (non-hydrogen) atoms. The van der Waals surface area contributed by atoms with Crippen LogP contribution in [0.1, 0.15) is 29.3 Å². The zero-order chi connectivity index (χ0) is 17.6. The monoisotopic (exact) mass is 347 g/mol. The Balaban J connectivity index is 2.03. The number of hydrogen-bond acceptors (Lipinski definition) is 4. The van der Waals surface area contributed by atoms with Gasteiger partial charge in [0.25, 0.3) is 5.91 Å². The van der Waals surface area contributed by atoms with Crippen molar-refractivity contribution >= 4 is 15.9 Å². The summed E-state index contributed by atoms with van der Waals surface area (Å²) >= 11 is 0. The number of carbonyl (C=O) groups excluding carboxylic acids is 1. The highest BCUT2D eigenvalue weighted by Crippen LogP contribution is 2.13. The van der Waals surface area contributed by atoms with Crippen molar-refractivity contribution in [3.8, 4) is 0 Å². The van der Waals surface area contributed by atoms with Crippen LogP contribution < -0.4 is 16.0 Å². The summed E-state index contributed by atoms with van der Waals surface area (Å²) < 4.78 is 27.5. The third-order valence-electron chi connectivity index (χ3n) is 3.60. The van der Waals surface area contributed by atoms with Crippen molar-refractivity contribution in [3.05, 3.63) is 65.7 Å². The number of carbonyl (C=O) groups is 1. The minimum absolute atomic E-state index is 0.0372. The quantitative estimate of drug-likeness (QED) is 0.402. The lowest BCUT2D eigenvalue weighted by molar-refractivity contribution is 0.0953. The fourth-order valence-corrected chi connectivity index (χ4v) is 3.63. The van der Waals surface area contributed by atoms with Gasteiger partial charge in [0.05, 0.1) is 4.90 Å². The number of sulfonamides is 1. The molecule has 0 aliphatic heterocycles. The summed E-state index contributed by atoms with van der Waals surface area (Å²) in [5, 5.41) is 0. The summed E-state index contributed by atoms with van der Waals surface area (Å²) in [6.45, 7) is 1.82. The Morgan fingerprint density at radius 1 is 1.12 bits per heavy atom. The molecule has 1 atom stereocenters. The Morgan fingerprint density at radius 2 is 1.83 bits per heavy atom. The number of nitrogens with one attached hydrogen (secondary N) is 2. The molecular weight excluding hydrogens is 326 g/mol. The second kappa shape index (κ2) is 8.05. The first-order valence-corrected chi connectivity index (χ1v) is 9.08. The molecule has 0 aliphatic carbocycles. The van der Waals surface area contributed by atoms with Crippen molar-refractivity contribution in [2.45, 2.75) is 30.7 Å². The Labute approximate surface area is 142 Å². The zero-order valence-corrected chi connectivity index (χ0v) is 14.2. The molecule has 0 heterocycles. The van der Waals surface area contributed by atoms with E-state index in [-0.39, 0.29) is 16.5 Å². The van der Waals surface area contributed by atoms with Crippen molar-refractivity contribution in [1.82, 2.24) is 10.1 Å². The molecule has 0 spiro atoms. The Kier molecular flexibility index (Phi) is 6.08. The summed E-state index contributed by atoms with van der Waals surface area (Å²) in [4.78, 5) is 11.6. The number of hydrogen-bond donors (Lipinski definition) is 3. The van der Waals surface area contributed by atoms with Gasteiger partial charge >= 0.3 is 0 Å². The van der Waals surface area contributed by atoms with E-state index in [1.54, 1.807) is 0 Å². The van der Waals surface area contributed by atoms with Crippen LogP contribution in [-0.2, 0) is 16.4 Å². The molecule has 0 bridgehead atoms. The number of aryl methyl sites for hydroxylation is 1. The van der Waals surface area contributed by atoms with E-state index in [2.05, 4.69) is 4.72 Å². The Bertz CT molecular complexity index is 792. The molecule has 0 unspecified atom stereocenters. The minimum Gasteiger partial charge on any atom is -0.290 e.